The number of methoxy groups -OCH3 is 1. The number of carbonyl (C=O) groups is 2. The minimum atomic E-state index is -4.25. The van der Waals surface area contributed by atoms with Crippen LogP contribution in [0.4, 0.5) is 10.1 Å². The molecule has 2 amide bonds. The molecule has 38 heavy (non-hydrogen) atoms. The molecule has 1 N–H and O–H groups in total. The molecule has 0 bridgehead atoms. The molecule has 0 heterocycles. The Morgan fingerprint density at radius 1 is 1.03 bits per heavy atom. The SMILES string of the molecule is CCNC(=O)[C@@H](C)N(Cc1cccc(C)c1)C(=O)CN(c1ccc(F)cc1)S(=O)(=O)c1ccc(OC)cc1. The van der Waals surface area contributed by atoms with Crippen LogP contribution in [0.2, 0.25) is 0 Å². The number of sulfonamides is 1. The van der Waals surface area contributed by atoms with Crippen LogP contribution in [0.25, 0.3) is 0 Å². The van der Waals surface area contributed by atoms with E-state index in [1.165, 1.54) is 48.4 Å². The fourth-order valence-corrected chi connectivity index (χ4v) is 5.34. The molecule has 0 spiro atoms. The third-order valence-corrected chi connectivity index (χ3v) is 7.78. The lowest BCUT2D eigenvalue weighted by molar-refractivity contribution is -0.139. The summed E-state index contributed by atoms with van der Waals surface area (Å²) in [5.74, 6) is -1.03. The van der Waals surface area contributed by atoms with E-state index in [0.717, 1.165) is 27.6 Å². The Kier molecular flexibility index (Phi) is 9.46. The van der Waals surface area contributed by atoms with E-state index in [2.05, 4.69) is 5.32 Å². The number of benzene rings is 3. The molecule has 0 aromatic heterocycles. The van der Waals surface area contributed by atoms with Gasteiger partial charge in [-0.15, -0.1) is 0 Å². The number of nitrogens with one attached hydrogen (secondary N) is 1. The predicted octanol–water partition coefficient (Wildman–Crippen LogP) is 3.89. The van der Waals surface area contributed by atoms with Gasteiger partial charge < -0.3 is 15.0 Å². The number of carbonyl (C=O) groups excluding carboxylic acids is 2. The lowest BCUT2D eigenvalue weighted by atomic mass is 10.1. The van der Waals surface area contributed by atoms with Crippen LogP contribution in [0.5, 0.6) is 5.75 Å². The first kappa shape index (κ1) is 28.6. The summed E-state index contributed by atoms with van der Waals surface area (Å²) >= 11 is 0. The maximum Gasteiger partial charge on any atom is 0.264 e. The van der Waals surface area contributed by atoms with Crippen molar-refractivity contribution < 1.29 is 27.1 Å². The van der Waals surface area contributed by atoms with E-state index in [1.807, 2.05) is 31.2 Å². The quantitative estimate of drug-likeness (QED) is 0.397. The first-order valence-electron chi connectivity index (χ1n) is 12.1. The minimum absolute atomic E-state index is 0.0718. The van der Waals surface area contributed by atoms with Gasteiger partial charge in [-0.25, -0.2) is 12.8 Å². The second-order valence-electron chi connectivity index (χ2n) is 8.74. The van der Waals surface area contributed by atoms with Crippen molar-refractivity contribution >= 4 is 27.5 Å². The number of likely N-dealkylation sites (N-methyl/N-ethyl adjacent to an activating group) is 1. The molecule has 3 aromatic carbocycles. The molecule has 8 nitrogen and oxygen atoms in total. The third-order valence-electron chi connectivity index (χ3n) is 5.99. The Morgan fingerprint density at radius 2 is 1.68 bits per heavy atom. The highest BCUT2D eigenvalue weighted by molar-refractivity contribution is 7.92. The molecular weight excluding hydrogens is 509 g/mol. The molecule has 0 saturated carbocycles. The minimum Gasteiger partial charge on any atom is -0.497 e. The summed E-state index contributed by atoms with van der Waals surface area (Å²) in [5, 5.41) is 2.72. The molecule has 3 aromatic rings. The number of rotatable bonds is 11. The van der Waals surface area contributed by atoms with Crippen LogP contribution in [0.15, 0.2) is 77.7 Å². The monoisotopic (exact) mass is 541 g/mol. The van der Waals surface area contributed by atoms with E-state index in [1.54, 1.807) is 13.8 Å². The standard InChI is InChI=1S/C28H32FN3O5S/c1-5-30-28(34)21(3)31(18-22-8-6-7-20(2)17-22)27(33)19-32(24-11-9-23(29)10-12-24)38(35,36)26-15-13-25(37-4)14-16-26/h6-17,21H,5,18-19H2,1-4H3,(H,30,34)/t21-/m1/s1. The van der Waals surface area contributed by atoms with E-state index in [4.69, 9.17) is 4.74 Å². The number of amides is 2. The van der Waals surface area contributed by atoms with Crippen LogP contribution in [0.1, 0.15) is 25.0 Å². The van der Waals surface area contributed by atoms with Gasteiger partial charge in [-0.05, 0) is 74.9 Å². The molecule has 0 aliphatic carbocycles. The maximum absolute atomic E-state index is 13.8. The Bertz CT molecular complexity index is 1360. The maximum atomic E-state index is 13.8. The fraction of sp³-hybridized carbons (Fsp3) is 0.286. The summed E-state index contributed by atoms with van der Waals surface area (Å²) in [5.41, 5.74) is 1.88. The Balaban J connectivity index is 2.02. The van der Waals surface area contributed by atoms with Crippen molar-refractivity contribution in [1.82, 2.24) is 10.2 Å². The molecule has 0 radical (unpaired) electrons. The van der Waals surface area contributed by atoms with Gasteiger partial charge in [0.1, 0.15) is 24.2 Å². The third kappa shape index (κ3) is 6.89. The number of halogens is 1. The number of aryl methyl sites for hydroxylation is 1. The van der Waals surface area contributed by atoms with Gasteiger partial charge >= 0.3 is 0 Å². The van der Waals surface area contributed by atoms with E-state index >= 15 is 0 Å². The lowest BCUT2D eigenvalue weighted by Crippen LogP contribution is -2.51. The van der Waals surface area contributed by atoms with Gasteiger partial charge in [-0.2, -0.15) is 0 Å². The van der Waals surface area contributed by atoms with E-state index in [0.29, 0.717) is 12.3 Å². The summed E-state index contributed by atoms with van der Waals surface area (Å²) in [7, 11) is -2.79. The summed E-state index contributed by atoms with van der Waals surface area (Å²) in [6.45, 7) is 5.16. The van der Waals surface area contributed by atoms with Gasteiger partial charge in [-0.1, -0.05) is 29.8 Å². The Labute approximate surface area is 223 Å². The van der Waals surface area contributed by atoms with Crippen LogP contribution in [-0.2, 0) is 26.2 Å². The second kappa shape index (κ2) is 12.6. The van der Waals surface area contributed by atoms with Crippen LogP contribution in [0.3, 0.4) is 0 Å². The van der Waals surface area contributed by atoms with Crippen molar-refractivity contribution in [3.8, 4) is 5.75 Å². The summed E-state index contributed by atoms with van der Waals surface area (Å²) in [6.07, 6.45) is 0. The first-order chi connectivity index (χ1) is 18.1. The van der Waals surface area contributed by atoms with Crippen molar-refractivity contribution in [2.24, 2.45) is 0 Å². The van der Waals surface area contributed by atoms with Crippen molar-refractivity contribution in [2.45, 2.75) is 38.3 Å². The van der Waals surface area contributed by atoms with Crippen molar-refractivity contribution in [2.75, 3.05) is 24.5 Å². The van der Waals surface area contributed by atoms with Gasteiger partial charge in [0, 0.05) is 13.1 Å². The summed E-state index contributed by atoms with van der Waals surface area (Å²) in [4.78, 5) is 27.8. The Hall–Kier alpha value is -3.92. The average molecular weight is 542 g/mol. The molecular formula is C28H32FN3O5S. The number of ether oxygens (including phenoxy) is 1. The zero-order valence-corrected chi connectivity index (χ0v) is 22.7. The largest absolute Gasteiger partial charge is 0.497 e. The normalized spacial score (nSPS) is 11.9. The summed E-state index contributed by atoms with van der Waals surface area (Å²) in [6, 6.07) is 17.2. The van der Waals surface area contributed by atoms with E-state index < -0.39 is 34.3 Å². The number of nitrogens with zero attached hydrogens (tertiary/aromatic N) is 2. The summed E-state index contributed by atoms with van der Waals surface area (Å²) < 4.78 is 47.2. The number of anilines is 1. The highest BCUT2D eigenvalue weighted by atomic mass is 32.2. The molecule has 0 aliphatic rings. The molecule has 0 fully saturated rings. The zero-order chi connectivity index (χ0) is 27.9. The van der Waals surface area contributed by atoms with E-state index in [9.17, 15) is 22.4 Å². The molecule has 0 saturated heterocycles. The van der Waals surface area contributed by atoms with E-state index in [-0.39, 0.29) is 23.0 Å². The molecule has 3 rings (SSSR count). The van der Waals surface area contributed by atoms with Gasteiger partial charge in [-0.3, -0.25) is 13.9 Å². The van der Waals surface area contributed by atoms with Crippen LogP contribution < -0.4 is 14.4 Å². The highest BCUT2D eigenvalue weighted by Crippen LogP contribution is 2.26. The molecule has 1 atom stereocenters. The van der Waals surface area contributed by atoms with Crippen LogP contribution >= 0.6 is 0 Å². The first-order valence-corrected chi connectivity index (χ1v) is 13.6. The van der Waals surface area contributed by atoms with Gasteiger partial charge in [0.05, 0.1) is 17.7 Å². The molecule has 0 aliphatic heterocycles. The number of hydrogen-bond acceptors (Lipinski definition) is 5. The van der Waals surface area contributed by atoms with Crippen LogP contribution in [0, 0.1) is 12.7 Å². The molecule has 0 unspecified atom stereocenters. The predicted molar refractivity (Wildman–Crippen MR) is 144 cm³/mol. The average Bonchev–Trinajstić information content (AvgIpc) is 2.90. The molecule has 10 heteroatoms. The van der Waals surface area contributed by atoms with Crippen molar-refractivity contribution in [3.05, 3.63) is 89.7 Å². The zero-order valence-electron chi connectivity index (χ0n) is 21.8. The lowest BCUT2D eigenvalue weighted by Gasteiger charge is -2.32. The van der Waals surface area contributed by atoms with Gasteiger partial charge in [0.25, 0.3) is 10.0 Å². The smallest absolute Gasteiger partial charge is 0.264 e. The Morgan fingerprint density at radius 3 is 2.26 bits per heavy atom. The number of hydrogen-bond donors (Lipinski definition) is 1. The van der Waals surface area contributed by atoms with Crippen molar-refractivity contribution in [1.29, 1.82) is 0 Å². The van der Waals surface area contributed by atoms with Crippen LogP contribution in [-0.4, -0.2) is 51.4 Å². The topological polar surface area (TPSA) is 96.0 Å². The highest BCUT2D eigenvalue weighted by Gasteiger charge is 2.32. The van der Waals surface area contributed by atoms with Gasteiger partial charge in [0.15, 0.2) is 0 Å². The van der Waals surface area contributed by atoms with Crippen molar-refractivity contribution in [3.63, 3.8) is 0 Å². The fourth-order valence-electron chi connectivity index (χ4n) is 3.92. The molecule has 202 valence electrons. The van der Waals surface area contributed by atoms with Gasteiger partial charge in [0.2, 0.25) is 11.8 Å². The second-order valence-corrected chi connectivity index (χ2v) is 10.6.